The molecule has 15 heavy (non-hydrogen) atoms. The normalized spacial score (nSPS) is 29.8. The van der Waals surface area contributed by atoms with E-state index in [-0.39, 0.29) is 0 Å². The molecule has 0 aromatic carbocycles. The smallest absolute Gasteiger partial charge is 0.0702 e. The summed E-state index contributed by atoms with van der Waals surface area (Å²) in [6.07, 6.45) is 6.50. The molecule has 0 aromatic rings. The van der Waals surface area contributed by atoms with Crippen molar-refractivity contribution in [2.45, 2.75) is 38.2 Å². The van der Waals surface area contributed by atoms with Gasteiger partial charge in [0.2, 0.25) is 0 Å². The van der Waals surface area contributed by atoms with Crippen LogP contribution >= 0.6 is 0 Å². The van der Waals surface area contributed by atoms with Crippen molar-refractivity contribution in [3.8, 4) is 0 Å². The molecule has 1 unspecified atom stereocenters. The van der Waals surface area contributed by atoms with Crippen molar-refractivity contribution in [3.05, 3.63) is 0 Å². The van der Waals surface area contributed by atoms with Crippen LogP contribution in [0.1, 0.15) is 32.1 Å². The highest BCUT2D eigenvalue weighted by Gasteiger charge is 2.23. The first-order valence-corrected chi connectivity index (χ1v) is 6.33. The van der Waals surface area contributed by atoms with Gasteiger partial charge in [0.05, 0.1) is 6.10 Å². The second-order valence-electron chi connectivity index (χ2n) is 4.89. The minimum atomic E-state index is 0.358. The highest BCUT2D eigenvalue weighted by Crippen LogP contribution is 2.22. The summed E-state index contributed by atoms with van der Waals surface area (Å²) in [6, 6.07) is 0. The van der Waals surface area contributed by atoms with Gasteiger partial charge in [-0.25, -0.2) is 0 Å². The third-order valence-electron chi connectivity index (χ3n) is 3.73. The number of ether oxygens (including phenoxy) is 1. The molecule has 2 aliphatic heterocycles. The summed E-state index contributed by atoms with van der Waals surface area (Å²) in [6.45, 7) is 4.85. The first-order valence-electron chi connectivity index (χ1n) is 6.33. The zero-order chi connectivity index (χ0) is 10.5. The molecule has 0 radical (unpaired) electrons. The lowest BCUT2D eigenvalue weighted by molar-refractivity contribution is 0.0574. The monoisotopic (exact) mass is 213 g/mol. The Morgan fingerprint density at radius 3 is 2.60 bits per heavy atom. The number of nitrogens with zero attached hydrogens (tertiary/aromatic N) is 1. The van der Waals surface area contributed by atoms with Crippen molar-refractivity contribution in [1.82, 2.24) is 4.90 Å². The van der Waals surface area contributed by atoms with E-state index in [0.29, 0.717) is 12.7 Å². The third-order valence-corrected chi connectivity index (χ3v) is 3.73. The molecule has 2 saturated heterocycles. The van der Waals surface area contributed by atoms with Crippen LogP contribution in [0.3, 0.4) is 0 Å². The molecule has 2 rings (SSSR count). The number of likely N-dealkylation sites (tertiary alicyclic amines) is 1. The molecule has 3 nitrogen and oxygen atoms in total. The van der Waals surface area contributed by atoms with Gasteiger partial charge >= 0.3 is 0 Å². The number of aliphatic hydroxyl groups excluding tert-OH is 1. The molecule has 2 fully saturated rings. The molecular weight excluding hydrogens is 190 g/mol. The molecule has 88 valence electrons. The maximum Gasteiger partial charge on any atom is 0.0702 e. The van der Waals surface area contributed by atoms with Crippen molar-refractivity contribution in [2.24, 2.45) is 5.92 Å². The highest BCUT2D eigenvalue weighted by molar-refractivity contribution is 4.76. The summed E-state index contributed by atoms with van der Waals surface area (Å²) in [5.41, 5.74) is 0. The van der Waals surface area contributed by atoms with E-state index in [4.69, 9.17) is 9.84 Å². The number of hydrogen-bond acceptors (Lipinski definition) is 3. The van der Waals surface area contributed by atoms with Gasteiger partial charge in [-0.1, -0.05) is 0 Å². The van der Waals surface area contributed by atoms with E-state index in [1.54, 1.807) is 0 Å². The van der Waals surface area contributed by atoms with Gasteiger partial charge in [0.15, 0.2) is 0 Å². The Hall–Kier alpha value is -0.120. The summed E-state index contributed by atoms with van der Waals surface area (Å²) in [7, 11) is 0. The van der Waals surface area contributed by atoms with Crippen molar-refractivity contribution < 1.29 is 9.84 Å². The Morgan fingerprint density at radius 2 is 2.00 bits per heavy atom. The van der Waals surface area contributed by atoms with E-state index < -0.39 is 0 Å². The maximum atomic E-state index is 8.88. The molecule has 3 heteroatoms. The Labute approximate surface area is 92.4 Å². The van der Waals surface area contributed by atoms with Crippen LogP contribution in [0, 0.1) is 5.92 Å². The predicted octanol–water partition coefficient (Wildman–Crippen LogP) is 1.26. The summed E-state index contributed by atoms with van der Waals surface area (Å²) in [5.74, 6) is 0.760. The van der Waals surface area contributed by atoms with Crippen molar-refractivity contribution in [2.75, 3.05) is 32.8 Å². The van der Waals surface area contributed by atoms with Gasteiger partial charge in [-0.2, -0.15) is 0 Å². The lowest BCUT2D eigenvalue weighted by atomic mass is 9.94. The largest absolute Gasteiger partial charge is 0.396 e. The number of piperidine rings is 1. The van der Waals surface area contributed by atoms with Crippen LogP contribution in [0.5, 0.6) is 0 Å². The van der Waals surface area contributed by atoms with Crippen molar-refractivity contribution in [1.29, 1.82) is 0 Å². The molecule has 1 atom stereocenters. The number of hydrogen-bond donors (Lipinski definition) is 1. The quantitative estimate of drug-likeness (QED) is 0.763. The third kappa shape index (κ3) is 3.44. The molecule has 2 heterocycles. The van der Waals surface area contributed by atoms with Gasteiger partial charge in [-0.05, 0) is 51.1 Å². The van der Waals surface area contributed by atoms with E-state index in [0.717, 1.165) is 25.5 Å². The first kappa shape index (κ1) is 11.4. The zero-order valence-corrected chi connectivity index (χ0v) is 9.53. The summed E-state index contributed by atoms with van der Waals surface area (Å²) < 4.78 is 5.65. The van der Waals surface area contributed by atoms with Gasteiger partial charge in [0.25, 0.3) is 0 Å². The van der Waals surface area contributed by atoms with E-state index in [9.17, 15) is 0 Å². The van der Waals surface area contributed by atoms with Crippen LogP contribution in [0.15, 0.2) is 0 Å². The van der Waals surface area contributed by atoms with Crippen molar-refractivity contribution in [3.63, 3.8) is 0 Å². The van der Waals surface area contributed by atoms with Gasteiger partial charge < -0.3 is 14.7 Å². The molecule has 0 amide bonds. The van der Waals surface area contributed by atoms with Crippen LogP contribution in [0.4, 0.5) is 0 Å². The molecule has 0 saturated carbocycles. The Morgan fingerprint density at radius 1 is 1.20 bits per heavy atom. The van der Waals surface area contributed by atoms with Crippen LogP contribution < -0.4 is 0 Å². The lowest BCUT2D eigenvalue weighted by Crippen LogP contribution is -2.38. The van der Waals surface area contributed by atoms with E-state index in [1.165, 1.54) is 38.8 Å². The average Bonchev–Trinajstić information content (AvgIpc) is 2.74. The van der Waals surface area contributed by atoms with E-state index >= 15 is 0 Å². The van der Waals surface area contributed by atoms with Crippen LogP contribution in [0.2, 0.25) is 0 Å². The fraction of sp³-hybridized carbons (Fsp3) is 1.00. The molecule has 0 spiro atoms. The summed E-state index contributed by atoms with van der Waals surface area (Å²) >= 11 is 0. The summed E-state index contributed by atoms with van der Waals surface area (Å²) in [4.78, 5) is 2.53. The zero-order valence-electron chi connectivity index (χ0n) is 9.53. The number of rotatable bonds is 4. The number of aliphatic hydroxyl groups is 1. The Bertz CT molecular complexity index is 172. The standard InChI is InChI=1S/C12H23NO2/c14-8-5-11-3-6-13(7-4-11)10-12-2-1-9-15-12/h11-12,14H,1-10H2. The van der Waals surface area contributed by atoms with E-state index in [1.807, 2.05) is 0 Å². The molecule has 0 aromatic heterocycles. The van der Waals surface area contributed by atoms with Gasteiger partial charge in [0, 0.05) is 19.8 Å². The topological polar surface area (TPSA) is 32.7 Å². The SMILES string of the molecule is OCCC1CCN(CC2CCCO2)CC1. The van der Waals surface area contributed by atoms with Crippen LogP contribution in [0.25, 0.3) is 0 Å². The Kier molecular flexibility index (Phi) is 4.42. The second-order valence-corrected chi connectivity index (χ2v) is 4.89. The predicted molar refractivity (Wildman–Crippen MR) is 59.8 cm³/mol. The highest BCUT2D eigenvalue weighted by atomic mass is 16.5. The van der Waals surface area contributed by atoms with Crippen LogP contribution in [-0.2, 0) is 4.74 Å². The van der Waals surface area contributed by atoms with Gasteiger partial charge in [0.1, 0.15) is 0 Å². The summed E-state index contributed by atoms with van der Waals surface area (Å²) in [5, 5.41) is 8.88. The van der Waals surface area contributed by atoms with E-state index in [2.05, 4.69) is 4.90 Å². The molecular formula is C12H23NO2. The van der Waals surface area contributed by atoms with Crippen molar-refractivity contribution >= 4 is 0 Å². The van der Waals surface area contributed by atoms with Crippen LogP contribution in [-0.4, -0.2) is 49.0 Å². The fourth-order valence-corrected chi connectivity index (χ4v) is 2.72. The fourth-order valence-electron chi connectivity index (χ4n) is 2.72. The average molecular weight is 213 g/mol. The Balaban J connectivity index is 1.64. The molecule has 0 aliphatic carbocycles. The minimum Gasteiger partial charge on any atom is -0.396 e. The molecule has 1 N–H and O–H groups in total. The van der Waals surface area contributed by atoms with Gasteiger partial charge in [-0.3, -0.25) is 0 Å². The minimum absolute atomic E-state index is 0.358. The maximum absolute atomic E-state index is 8.88. The lowest BCUT2D eigenvalue weighted by Gasteiger charge is -2.33. The first-order chi connectivity index (χ1) is 7.38. The van der Waals surface area contributed by atoms with Gasteiger partial charge in [-0.15, -0.1) is 0 Å². The molecule has 0 bridgehead atoms. The molecule has 2 aliphatic rings. The second kappa shape index (κ2) is 5.83.